The molecule has 150 valence electrons. The summed E-state index contributed by atoms with van der Waals surface area (Å²) in [5.41, 5.74) is 2.13. The van der Waals surface area contributed by atoms with Crippen LogP contribution >= 0.6 is 0 Å². The molecule has 1 aliphatic rings. The molecule has 0 fully saturated rings. The molecular formula is C22H22FN3O3. The molecule has 0 bridgehead atoms. The first-order valence-electron chi connectivity index (χ1n) is 9.49. The van der Waals surface area contributed by atoms with Gasteiger partial charge in [0.25, 0.3) is 5.56 Å². The van der Waals surface area contributed by atoms with Gasteiger partial charge in [0.15, 0.2) is 0 Å². The van der Waals surface area contributed by atoms with Crippen molar-refractivity contribution >= 4 is 22.4 Å². The number of nitrogens with zero attached hydrogens (tertiary/aromatic N) is 1. The molecule has 6 nitrogen and oxygen atoms in total. The van der Waals surface area contributed by atoms with E-state index in [4.69, 9.17) is 4.74 Å². The van der Waals surface area contributed by atoms with Crippen LogP contribution in [0.5, 0.6) is 5.75 Å². The summed E-state index contributed by atoms with van der Waals surface area (Å²) in [6.45, 7) is 2.56. The van der Waals surface area contributed by atoms with Crippen LogP contribution in [0.4, 0.5) is 10.1 Å². The fraction of sp³-hybridized carbons (Fsp3) is 0.273. The van der Waals surface area contributed by atoms with Gasteiger partial charge >= 0.3 is 0 Å². The maximum absolute atomic E-state index is 14.4. The molecular weight excluding hydrogens is 373 g/mol. The van der Waals surface area contributed by atoms with Gasteiger partial charge in [0.05, 0.1) is 30.8 Å². The van der Waals surface area contributed by atoms with Gasteiger partial charge in [-0.3, -0.25) is 9.59 Å². The number of carbonyl (C=O) groups excluding carboxylic acids is 1. The van der Waals surface area contributed by atoms with Crippen molar-refractivity contribution in [1.29, 1.82) is 0 Å². The lowest BCUT2D eigenvalue weighted by atomic mass is 9.93. The van der Waals surface area contributed by atoms with Crippen LogP contribution in [0.2, 0.25) is 0 Å². The Morgan fingerprint density at radius 3 is 2.93 bits per heavy atom. The summed E-state index contributed by atoms with van der Waals surface area (Å²) in [5, 5.41) is 3.77. The van der Waals surface area contributed by atoms with E-state index >= 15 is 0 Å². The van der Waals surface area contributed by atoms with Gasteiger partial charge in [0.2, 0.25) is 5.91 Å². The molecule has 3 aromatic rings. The van der Waals surface area contributed by atoms with Crippen LogP contribution in [0.3, 0.4) is 0 Å². The molecule has 1 aromatic heterocycles. The second-order valence-electron chi connectivity index (χ2n) is 7.16. The number of aromatic amines is 1. The zero-order valence-electron chi connectivity index (χ0n) is 16.3. The fourth-order valence-electron chi connectivity index (χ4n) is 3.88. The molecule has 0 spiro atoms. The van der Waals surface area contributed by atoms with Crippen molar-refractivity contribution in [2.24, 2.45) is 0 Å². The number of nitrogens with one attached hydrogen (secondary N) is 2. The summed E-state index contributed by atoms with van der Waals surface area (Å²) in [7, 11) is 1.62. The topological polar surface area (TPSA) is 74.4 Å². The Balaban J connectivity index is 1.51. The number of aromatic nitrogens is 1. The number of carbonyl (C=O) groups is 1. The number of pyridine rings is 1. The molecule has 1 aliphatic heterocycles. The van der Waals surface area contributed by atoms with Crippen molar-refractivity contribution in [3.05, 3.63) is 69.9 Å². The average Bonchev–Trinajstić information content (AvgIpc) is 2.73. The second-order valence-corrected chi connectivity index (χ2v) is 7.16. The summed E-state index contributed by atoms with van der Waals surface area (Å²) in [5.74, 6) is 0.0800. The predicted octanol–water partition coefficient (Wildman–Crippen LogP) is 3.23. The van der Waals surface area contributed by atoms with Crippen molar-refractivity contribution in [3.63, 3.8) is 0 Å². The van der Waals surface area contributed by atoms with E-state index in [1.165, 1.54) is 17.8 Å². The van der Waals surface area contributed by atoms with Crippen molar-refractivity contribution in [1.82, 2.24) is 9.88 Å². The maximum atomic E-state index is 14.4. The Labute approximate surface area is 167 Å². The van der Waals surface area contributed by atoms with Gasteiger partial charge in [-0.1, -0.05) is 6.07 Å². The van der Waals surface area contributed by atoms with Crippen LogP contribution in [0.25, 0.3) is 10.8 Å². The summed E-state index contributed by atoms with van der Waals surface area (Å²) in [6.07, 6.45) is 2.28. The average molecular weight is 395 g/mol. The smallest absolute Gasteiger partial charge is 0.255 e. The Kier molecular flexibility index (Phi) is 4.96. The SMILES string of the molecule is COc1ccc2c(c1)C(C)N(C(=O)CNc1cc3cc[nH]c(=O)c3cc1F)CC2. The lowest BCUT2D eigenvalue weighted by Gasteiger charge is -2.35. The summed E-state index contributed by atoms with van der Waals surface area (Å²) in [4.78, 5) is 28.9. The number of hydrogen-bond acceptors (Lipinski definition) is 4. The Bertz CT molecular complexity index is 1140. The molecule has 1 atom stereocenters. The monoisotopic (exact) mass is 395 g/mol. The number of benzene rings is 2. The molecule has 1 amide bonds. The molecule has 0 saturated carbocycles. The van der Waals surface area contributed by atoms with Gasteiger partial charge in [-0.05, 0) is 60.2 Å². The Hall–Kier alpha value is -3.35. The minimum absolute atomic E-state index is 0.0325. The van der Waals surface area contributed by atoms with E-state index in [1.54, 1.807) is 24.1 Å². The number of hydrogen-bond donors (Lipinski definition) is 2. The molecule has 2 aromatic carbocycles. The number of amides is 1. The highest BCUT2D eigenvalue weighted by Gasteiger charge is 2.27. The molecule has 0 saturated heterocycles. The van der Waals surface area contributed by atoms with Crippen molar-refractivity contribution in [2.45, 2.75) is 19.4 Å². The summed E-state index contributed by atoms with van der Waals surface area (Å²) in [6, 6.07) is 10.3. The zero-order valence-corrected chi connectivity index (χ0v) is 16.3. The van der Waals surface area contributed by atoms with Gasteiger partial charge in [-0.2, -0.15) is 0 Å². The maximum Gasteiger partial charge on any atom is 0.255 e. The van der Waals surface area contributed by atoms with Gasteiger partial charge < -0.3 is 19.9 Å². The number of methoxy groups -OCH3 is 1. The van der Waals surface area contributed by atoms with Gasteiger partial charge in [-0.15, -0.1) is 0 Å². The second kappa shape index (κ2) is 7.58. The van der Waals surface area contributed by atoms with E-state index in [0.29, 0.717) is 11.9 Å². The van der Waals surface area contributed by atoms with Crippen LogP contribution in [0, 0.1) is 5.82 Å². The first-order valence-corrected chi connectivity index (χ1v) is 9.49. The number of halogens is 1. The summed E-state index contributed by atoms with van der Waals surface area (Å²) < 4.78 is 19.7. The van der Waals surface area contributed by atoms with E-state index in [-0.39, 0.29) is 35.1 Å². The Morgan fingerprint density at radius 2 is 2.14 bits per heavy atom. The lowest BCUT2D eigenvalue weighted by Crippen LogP contribution is -2.41. The van der Waals surface area contributed by atoms with Gasteiger partial charge in [0, 0.05) is 12.7 Å². The first-order chi connectivity index (χ1) is 14.0. The third-order valence-electron chi connectivity index (χ3n) is 5.50. The highest BCUT2D eigenvalue weighted by Crippen LogP contribution is 2.32. The molecule has 2 heterocycles. The molecule has 0 radical (unpaired) electrons. The highest BCUT2D eigenvalue weighted by atomic mass is 19.1. The van der Waals surface area contributed by atoms with Crippen LogP contribution in [-0.4, -0.2) is 36.0 Å². The van der Waals surface area contributed by atoms with E-state index < -0.39 is 5.82 Å². The highest BCUT2D eigenvalue weighted by molar-refractivity contribution is 5.87. The number of rotatable bonds is 4. The van der Waals surface area contributed by atoms with Gasteiger partial charge in [0.1, 0.15) is 11.6 Å². The van der Waals surface area contributed by atoms with E-state index in [0.717, 1.165) is 17.7 Å². The molecule has 1 unspecified atom stereocenters. The number of anilines is 1. The van der Waals surface area contributed by atoms with Crippen LogP contribution in [0.1, 0.15) is 24.1 Å². The van der Waals surface area contributed by atoms with Crippen LogP contribution in [0.15, 0.2) is 47.4 Å². The quantitative estimate of drug-likeness (QED) is 0.711. The molecule has 7 heteroatoms. The Morgan fingerprint density at radius 1 is 1.31 bits per heavy atom. The van der Waals surface area contributed by atoms with Crippen LogP contribution < -0.4 is 15.6 Å². The predicted molar refractivity (Wildman–Crippen MR) is 110 cm³/mol. The standard InChI is InChI=1S/C22H22FN3O3/c1-13-17-10-16(29-2)4-3-14(17)6-8-26(13)21(27)12-25-20-9-15-5-7-24-22(28)18(15)11-19(20)23/h3-5,7,9-11,13,25H,6,8,12H2,1-2H3,(H,24,28). The molecule has 2 N–H and O–H groups in total. The van der Waals surface area contributed by atoms with Gasteiger partial charge in [-0.25, -0.2) is 4.39 Å². The van der Waals surface area contributed by atoms with E-state index in [9.17, 15) is 14.0 Å². The number of fused-ring (bicyclic) bond motifs is 2. The fourth-order valence-corrected chi connectivity index (χ4v) is 3.88. The molecule has 4 rings (SSSR count). The van der Waals surface area contributed by atoms with E-state index in [1.807, 2.05) is 25.1 Å². The molecule has 29 heavy (non-hydrogen) atoms. The minimum Gasteiger partial charge on any atom is -0.497 e. The van der Waals surface area contributed by atoms with Crippen molar-refractivity contribution in [2.75, 3.05) is 25.5 Å². The van der Waals surface area contributed by atoms with E-state index in [2.05, 4.69) is 10.3 Å². The summed E-state index contributed by atoms with van der Waals surface area (Å²) >= 11 is 0. The van der Waals surface area contributed by atoms with Crippen LogP contribution in [-0.2, 0) is 11.2 Å². The third-order valence-corrected chi connectivity index (χ3v) is 5.50. The normalized spacial score (nSPS) is 15.8. The number of ether oxygens (including phenoxy) is 1. The zero-order chi connectivity index (χ0) is 20.5. The molecule has 0 aliphatic carbocycles. The minimum atomic E-state index is -0.566. The largest absolute Gasteiger partial charge is 0.497 e. The third kappa shape index (κ3) is 3.55. The van der Waals surface area contributed by atoms with Crippen molar-refractivity contribution < 1.29 is 13.9 Å². The van der Waals surface area contributed by atoms with Crippen molar-refractivity contribution in [3.8, 4) is 5.75 Å². The lowest BCUT2D eigenvalue weighted by molar-refractivity contribution is -0.131. The first kappa shape index (κ1) is 19.0. The number of H-pyrrole nitrogens is 1.